The molecule has 0 aromatic heterocycles. The average molecular weight is 568 g/mol. The van der Waals surface area contributed by atoms with Crippen molar-refractivity contribution in [2.75, 3.05) is 19.7 Å². The molecule has 39 heavy (non-hydrogen) atoms. The molecule has 3 aliphatic heterocycles. The molecular weight excluding hydrogens is 522 g/mol. The molecule has 0 aromatic carbocycles. The molecule has 1 aliphatic carbocycles. The lowest BCUT2D eigenvalue weighted by Crippen LogP contribution is -2.64. The van der Waals surface area contributed by atoms with Gasteiger partial charge in [-0.3, -0.25) is 0 Å². The number of ether oxygens (including phenoxy) is 6. The molecule has 0 bridgehead atoms. The quantitative estimate of drug-likeness (QED) is 0.124. The Morgan fingerprint density at radius 3 is 1.92 bits per heavy atom. The van der Waals surface area contributed by atoms with Crippen LogP contribution in [0.15, 0.2) is 0 Å². The minimum Gasteiger partial charge on any atom is -0.394 e. The summed E-state index contributed by atoms with van der Waals surface area (Å²) in [5.41, 5.74) is 29.9. The largest absolute Gasteiger partial charge is 0.394 e. The number of nitrogens with two attached hydrogens (primary N) is 5. The van der Waals surface area contributed by atoms with E-state index in [1.54, 1.807) is 0 Å². The first kappa shape index (κ1) is 31.3. The maximum absolute atomic E-state index is 11.1. The normalized spacial score (nSPS) is 51.2. The van der Waals surface area contributed by atoms with Gasteiger partial charge in [0.15, 0.2) is 18.9 Å². The number of aliphatic hydroxyl groups excluding tert-OH is 5. The van der Waals surface area contributed by atoms with Crippen molar-refractivity contribution < 1.29 is 54.0 Å². The molecular formula is C23H45N5O11. The Morgan fingerprint density at radius 2 is 1.26 bits per heavy atom. The van der Waals surface area contributed by atoms with Gasteiger partial charge in [0.1, 0.15) is 48.8 Å². The first-order valence-electron chi connectivity index (χ1n) is 13.5. The van der Waals surface area contributed by atoms with Gasteiger partial charge in [-0.2, -0.15) is 0 Å². The molecule has 3 heterocycles. The molecule has 15 N–H and O–H groups in total. The van der Waals surface area contributed by atoms with E-state index in [2.05, 4.69) is 0 Å². The predicted octanol–water partition coefficient (Wildman–Crippen LogP) is -5.77. The van der Waals surface area contributed by atoms with Crippen LogP contribution < -0.4 is 28.7 Å². The van der Waals surface area contributed by atoms with Crippen molar-refractivity contribution in [3.05, 3.63) is 0 Å². The van der Waals surface area contributed by atoms with Gasteiger partial charge in [0.25, 0.3) is 0 Å². The fraction of sp³-hybridized carbons (Fsp3) is 1.00. The van der Waals surface area contributed by atoms with E-state index in [4.69, 9.17) is 57.1 Å². The highest BCUT2D eigenvalue weighted by Crippen LogP contribution is 2.34. The summed E-state index contributed by atoms with van der Waals surface area (Å²) in [5, 5.41) is 52.2. The molecule has 0 radical (unpaired) electrons. The van der Waals surface area contributed by atoms with Crippen LogP contribution in [0.1, 0.15) is 25.7 Å². The lowest BCUT2D eigenvalue weighted by atomic mass is 9.87. The molecule has 16 heteroatoms. The third kappa shape index (κ3) is 6.72. The van der Waals surface area contributed by atoms with Crippen LogP contribution in [0.2, 0.25) is 0 Å². The SMILES string of the molecule is NC[C@@H]1CC[C@@H](N)[C@@H](O[C@H]2[C@H](O[C@@H]3O[C@H](CO)[C@@H](O[C@H]4O[C@@H](CN)[C@@H](O)[C@H](O)[C@H]4N)[C@H]3O)[C@@H](O)CC[C@@H]2N)O1. The summed E-state index contributed by atoms with van der Waals surface area (Å²) in [7, 11) is 0. The van der Waals surface area contributed by atoms with Crippen LogP contribution in [0.3, 0.4) is 0 Å². The van der Waals surface area contributed by atoms with Crippen molar-refractivity contribution >= 4 is 0 Å². The molecule has 1 saturated carbocycles. The maximum Gasteiger partial charge on any atom is 0.187 e. The van der Waals surface area contributed by atoms with Gasteiger partial charge in [-0.1, -0.05) is 0 Å². The third-order valence-electron chi connectivity index (χ3n) is 8.01. The van der Waals surface area contributed by atoms with E-state index < -0.39 is 98.5 Å². The molecule has 4 rings (SSSR count). The summed E-state index contributed by atoms with van der Waals surface area (Å²) in [6.45, 7) is -0.382. The lowest BCUT2D eigenvalue weighted by Gasteiger charge is -2.44. The van der Waals surface area contributed by atoms with Crippen molar-refractivity contribution in [3.63, 3.8) is 0 Å². The standard InChI is InChI=1S/C23H45N5O11/c24-5-8-1-2-10(27)21(34-8)37-18-9(26)3-4-11(30)19(18)38-23-17(33)20(13(7-29)36-23)39-22-14(28)16(32)15(31)12(6-25)35-22/h8-23,29-33H,1-7,24-28H2/t8-,9-,10+,11-,12-,13+,14+,15+,16+,17+,18+,19+,20+,21+,22+,23-/m0/s1. The average Bonchev–Trinajstić information content (AvgIpc) is 3.23. The second kappa shape index (κ2) is 13.6. The second-order valence-electron chi connectivity index (χ2n) is 10.8. The predicted molar refractivity (Wildman–Crippen MR) is 132 cm³/mol. The van der Waals surface area contributed by atoms with Crippen LogP contribution in [0, 0.1) is 0 Å². The van der Waals surface area contributed by atoms with Gasteiger partial charge in [-0.15, -0.1) is 0 Å². The molecule has 4 aliphatic rings. The van der Waals surface area contributed by atoms with Crippen LogP contribution in [0.4, 0.5) is 0 Å². The second-order valence-corrected chi connectivity index (χ2v) is 10.8. The first-order chi connectivity index (χ1) is 18.6. The van der Waals surface area contributed by atoms with E-state index in [1.807, 2.05) is 0 Å². The molecule has 228 valence electrons. The van der Waals surface area contributed by atoms with E-state index in [1.165, 1.54) is 0 Å². The van der Waals surface area contributed by atoms with Crippen LogP contribution in [-0.4, -0.2) is 143 Å². The Kier molecular flexibility index (Phi) is 10.9. The van der Waals surface area contributed by atoms with Gasteiger partial charge in [-0.05, 0) is 25.7 Å². The van der Waals surface area contributed by atoms with E-state index in [0.717, 1.165) is 0 Å². The summed E-state index contributed by atoms with van der Waals surface area (Å²) in [5.74, 6) is 0. The fourth-order valence-electron chi connectivity index (χ4n) is 5.55. The first-order valence-corrected chi connectivity index (χ1v) is 13.5. The highest BCUT2D eigenvalue weighted by molar-refractivity contribution is 4.97. The van der Waals surface area contributed by atoms with Gasteiger partial charge in [-0.25, -0.2) is 0 Å². The number of aliphatic hydroxyl groups is 5. The molecule has 0 aromatic rings. The fourth-order valence-corrected chi connectivity index (χ4v) is 5.55. The van der Waals surface area contributed by atoms with Crippen molar-refractivity contribution in [2.45, 2.75) is 124 Å². The zero-order chi connectivity index (χ0) is 28.4. The molecule has 4 fully saturated rings. The Morgan fingerprint density at radius 1 is 0.615 bits per heavy atom. The Labute approximate surface area is 226 Å². The van der Waals surface area contributed by atoms with E-state index in [9.17, 15) is 25.5 Å². The molecule has 16 atom stereocenters. The Bertz CT molecular complexity index is 774. The number of hydrogen-bond donors (Lipinski definition) is 10. The lowest BCUT2D eigenvalue weighted by molar-refractivity contribution is -0.287. The minimum atomic E-state index is -1.47. The topological polar surface area (TPSA) is 287 Å². The highest BCUT2D eigenvalue weighted by atomic mass is 16.8. The van der Waals surface area contributed by atoms with Crippen molar-refractivity contribution in [2.24, 2.45) is 28.7 Å². The van der Waals surface area contributed by atoms with Crippen molar-refractivity contribution in [1.82, 2.24) is 0 Å². The summed E-state index contributed by atoms with van der Waals surface area (Å²) >= 11 is 0. The monoisotopic (exact) mass is 567 g/mol. The number of rotatable bonds is 9. The molecule has 16 nitrogen and oxygen atoms in total. The summed E-state index contributed by atoms with van der Waals surface area (Å²) in [6, 6.07) is -2.15. The van der Waals surface area contributed by atoms with Crippen LogP contribution in [-0.2, 0) is 28.4 Å². The van der Waals surface area contributed by atoms with Crippen molar-refractivity contribution in [3.8, 4) is 0 Å². The highest BCUT2D eigenvalue weighted by Gasteiger charge is 2.52. The summed E-state index contributed by atoms with van der Waals surface area (Å²) in [4.78, 5) is 0. The Balaban J connectivity index is 1.45. The van der Waals surface area contributed by atoms with Crippen LogP contribution >= 0.6 is 0 Å². The zero-order valence-electron chi connectivity index (χ0n) is 21.8. The van der Waals surface area contributed by atoms with Gasteiger partial charge in [0, 0.05) is 19.1 Å². The summed E-state index contributed by atoms with van der Waals surface area (Å²) < 4.78 is 35.2. The maximum atomic E-state index is 11.1. The van der Waals surface area contributed by atoms with Gasteiger partial charge in [0.05, 0.1) is 30.9 Å². The molecule has 0 spiro atoms. The van der Waals surface area contributed by atoms with E-state index in [0.29, 0.717) is 32.2 Å². The van der Waals surface area contributed by atoms with Crippen LogP contribution in [0.25, 0.3) is 0 Å². The van der Waals surface area contributed by atoms with Crippen molar-refractivity contribution in [1.29, 1.82) is 0 Å². The summed E-state index contributed by atoms with van der Waals surface area (Å²) in [6.07, 6.45) is -12.0. The Hall–Kier alpha value is -0.640. The van der Waals surface area contributed by atoms with Gasteiger partial charge >= 0.3 is 0 Å². The zero-order valence-corrected chi connectivity index (χ0v) is 21.8. The van der Waals surface area contributed by atoms with Gasteiger partial charge < -0.3 is 82.6 Å². The van der Waals surface area contributed by atoms with E-state index in [-0.39, 0.29) is 12.6 Å². The van der Waals surface area contributed by atoms with E-state index >= 15 is 0 Å². The third-order valence-corrected chi connectivity index (χ3v) is 8.01. The number of hydrogen-bond acceptors (Lipinski definition) is 16. The smallest absolute Gasteiger partial charge is 0.187 e. The van der Waals surface area contributed by atoms with Gasteiger partial charge in [0.2, 0.25) is 0 Å². The molecule has 0 unspecified atom stereocenters. The molecule has 3 saturated heterocycles. The minimum absolute atomic E-state index is 0.120. The molecule has 0 amide bonds. The van der Waals surface area contributed by atoms with Crippen LogP contribution in [0.5, 0.6) is 0 Å².